The first-order chi connectivity index (χ1) is 9.95. The molecule has 0 aromatic rings. The lowest BCUT2D eigenvalue weighted by molar-refractivity contribution is -0.159. The van der Waals surface area contributed by atoms with Crippen LogP contribution in [-0.2, 0) is 9.59 Å². The molecule has 6 nitrogen and oxygen atoms in total. The third kappa shape index (κ3) is 5.31. The van der Waals surface area contributed by atoms with E-state index in [0.717, 1.165) is 36.1 Å². The molecule has 0 saturated heterocycles. The van der Waals surface area contributed by atoms with E-state index < -0.39 is 11.9 Å². The van der Waals surface area contributed by atoms with Crippen LogP contribution in [0.5, 0.6) is 0 Å². The van der Waals surface area contributed by atoms with Crippen molar-refractivity contribution in [3.05, 3.63) is 35.3 Å². The molecule has 0 radical (unpaired) electrons. The Hall–Kier alpha value is -2.28. The number of halogens is 1. The molecule has 0 saturated carbocycles. The Labute approximate surface area is 121 Å². The van der Waals surface area contributed by atoms with Crippen molar-refractivity contribution in [1.29, 1.82) is 0 Å². The maximum absolute atomic E-state index is 13.1. The summed E-state index contributed by atoms with van der Waals surface area (Å²) in [6, 6.07) is 0. The van der Waals surface area contributed by atoms with E-state index in [1.54, 1.807) is 12.2 Å². The molecule has 1 heterocycles. The summed E-state index contributed by atoms with van der Waals surface area (Å²) in [6.45, 7) is 0.717. The van der Waals surface area contributed by atoms with Crippen molar-refractivity contribution < 1.29 is 24.2 Å². The second kappa shape index (κ2) is 8.11. The van der Waals surface area contributed by atoms with Crippen LogP contribution in [0.2, 0.25) is 0 Å². The predicted octanol–water partition coefficient (Wildman–Crippen LogP) is 1.79. The van der Waals surface area contributed by atoms with Gasteiger partial charge in [0.25, 0.3) is 0 Å². The number of rotatable bonds is 4. The number of carboxylic acid groups (broad SMARTS) is 2. The summed E-state index contributed by atoms with van der Waals surface area (Å²) >= 11 is 0. The Bertz CT molecular complexity index is 535. The maximum Gasteiger partial charge on any atom is 0.414 e. The van der Waals surface area contributed by atoms with E-state index in [0.29, 0.717) is 13.0 Å². The van der Waals surface area contributed by atoms with E-state index in [9.17, 15) is 4.39 Å². The van der Waals surface area contributed by atoms with E-state index in [1.165, 1.54) is 0 Å². The molecule has 1 aliphatic carbocycles. The number of aliphatic carboxylic acids is 2. The lowest BCUT2D eigenvalue weighted by atomic mass is 9.94. The number of nitrogens with two attached hydrogens (primary N) is 1. The standard InChI is InChI=1S/C12H15FN2.C2H2O4/c13-10-4-5-12-11(7-10)9(8-15-12)3-1-2-6-14;3-1(4)2(5)6/h4,7-8H,1-3,5-6,14H2;(H,3,4)(H,5,6). The smallest absolute Gasteiger partial charge is 0.414 e. The average Bonchev–Trinajstić information content (AvgIpc) is 2.82. The van der Waals surface area contributed by atoms with Crippen LogP contribution < -0.4 is 5.73 Å². The quantitative estimate of drug-likeness (QED) is 0.540. The lowest BCUT2D eigenvalue weighted by Gasteiger charge is -2.10. The summed E-state index contributed by atoms with van der Waals surface area (Å²) in [5.41, 5.74) is 8.58. The van der Waals surface area contributed by atoms with Gasteiger partial charge in [-0.25, -0.2) is 14.0 Å². The SMILES string of the molecule is NCCCCC1=CN=C2CC=C(F)C=C12.O=C(O)C(=O)O. The van der Waals surface area contributed by atoms with E-state index in [2.05, 4.69) is 4.99 Å². The van der Waals surface area contributed by atoms with Gasteiger partial charge in [0, 0.05) is 18.2 Å². The molecule has 2 rings (SSSR count). The second-order valence-electron chi connectivity index (χ2n) is 4.44. The van der Waals surface area contributed by atoms with Gasteiger partial charge < -0.3 is 15.9 Å². The van der Waals surface area contributed by atoms with Crippen molar-refractivity contribution in [3.8, 4) is 0 Å². The third-order valence-electron chi connectivity index (χ3n) is 2.89. The largest absolute Gasteiger partial charge is 0.473 e. The van der Waals surface area contributed by atoms with Crippen molar-refractivity contribution in [1.82, 2.24) is 0 Å². The number of hydrogen-bond acceptors (Lipinski definition) is 4. The van der Waals surface area contributed by atoms with Crippen LogP contribution in [0.1, 0.15) is 25.7 Å². The highest BCUT2D eigenvalue weighted by atomic mass is 19.1. The zero-order valence-electron chi connectivity index (χ0n) is 11.4. The highest BCUT2D eigenvalue weighted by molar-refractivity contribution is 6.27. The van der Waals surface area contributed by atoms with Crippen LogP contribution in [-0.4, -0.2) is 34.4 Å². The molecule has 2 aliphatic rings. The highest BCUT2D eigenvalue weighted by Gasteiger charge is 2.19. The predicted molar refractivity (Wildman–Crippen MR) is 75.6 cm³/mol. The van der Waals surface area contributed by atoms with Gasteiger partial charge in [0.15, 0.2) is 0 Å². The van der Waals surface area contributed by atoms with Crippen molar-refractivity contribution in [2.45, 2.75) is 25.7 Å². The van der Waals surface area contributed by atoms with Gasteiger partial charge in [-0.15, -0.1) is 0 Å². The van der Waals surface area contributed by atoms with Crippen molar-refractivity contribution >= 4 is 17.7 Å². The van der Waals surface area contributed by atoms with Crippen LogP contribution >= 0.6 is 0 Å². The first kappa shape index (κ1) is 16.8. The summed E-state index contributed by atoms with van der Waals surface area (Å²) in [6.07, 6.45) is 8.65. The minimum absolute atomic E-state index is 0.143. The van der Waals surface area contributed by atoms with E-state index in [-0.39, 0.29) is 5.83 Å². The van der Waals surface area contributed by atoms with Gasteiger partial charge in [-0.3, -0.25) is 4.99 Å². The van der Waals surface area contributed by atoms with E-state index in [4.69, 9.17) is 25.5 Å². The van der Waals surface area contributed by atoms with Crippen LogP contribution in [0.4, 0.5) is 4.39 Å². The zero-order chi connectivity index (χ0) is 15.8. The first-order valence-electron chi connectivity index (χ1n) is 6.45. The molecule has 0 aromatic heterocycles. The van der Waals surface area contributed by atoms with Gasteiger partial charge >= 0.3 is 11.9 Å². The van der Waals surface area contributed by atoms with Gasteiger partial charge in [0.2, 0.25) is 0 Å². The molecule has 0 spiro atoms. The molecule has 0 fully saturated rings. The molecule has 0 bridgehead atoms. The van der Waals surface area contributed by atoms with Crippen LogP contribution in [0.3, 0.4) is 0 Å². The maximum atomic E-state index is 13.1. The summed E-state index contributed by atoms with van der Waals surface area (Å²) in [5.74, 6) is -3.79. The average molecular weight is 296 g/mol. The number of carbonyl (C=O) groups is 2. The molecule has 0 aromatic carbocycles. The number of hydrogen-bond donors (Lipinski definition) is 3. The molecule has 114 valence electrons. The van der Waals surface area contributed by atoms with Gasteiger partial charge in [-0.05, 0) is 43.5 Å². The summed E-state index contributed by atoms with van der Waals surface area (Å²) < 4.78 is 13.1. The minimum atomic E-state index is -1.82. The summed E-state index contributed by atoms with van der Waals surface area (Å²) in [7, 11) is 0. The molecule has 0 atom stereocenters. The number of aliphatic imine (C=N–C) groups is 1. The highest BCUT2D eigenvalue weighted by Crippen LogP contribution is 2.30. The van der Waals surface area contributed by atoms with Gasteiger partial charge in [-0.1, -0.05) is 0 Å². The topological polar surface area (TPSA) is 113 Å². The van der Waals surface area contributed by atoms with Gasteiger partial charge in [-0.2, -0.15) is 0 Å². The molecule has 1 aliphatic heterocycles. The number of unbranched alkanes of at least 4 members (excludes halogenated alkanes) is 1. The number of carboxylic acids is 2. The van der Waals surface area contributed by atoms with Crippen molar-refractivity contribution in [2.75, 3.05) is 6.54 Å². The summed E-state index contributed by atoms with van der Waals surface area (Å²) in [5, 5.41) is 14.8. The van der Waals surface area contributed by atoms with Crippen LogP contribution in [0.25, 0.3) is 0 Å². The number of fused-ring (bicyclic) bond motifs is 1. The summed E-state index contributed by atoms with van der Waals surface area (Å²) in [4.78, 5) is 22.5. The van der Waals surface area contributed by atoms with Gasteiger partial charge in [0.05, 0.1) is 5.71 Å². The van der Waals surface area contributed by atoms with Crippen LogP contribution in [0, 0.1) is 0 Å². The normalized spacial score (nSPS) is 15.7. The number of allylic oxidation sites excluding steroid dienone is 5. The minimum Gasteiger partial charge on any atom is -0.473 e. The lowest BCUT2D eigenvalue weighted by Crippen LogP contribution is -2.09. The zero-order valence-corrected chi connectivity index (χ0v) is 11.4. The molecule has 21 heavy (non-hydrogen) atoms. The Morgan fingerprint density at radius 2 is 1.95 bits per heavy atom. The van der Waals surface area contributed by atoms with Crippen molar-refractivity contribution in [3.63, 3.8) is 0 Å². The number of nitrogens with zero attached hydrogens (tertiary/aromatic N) is 1. The molecule has 0 amide bonds. The van der Waals surface area contributed by atoms with Crippen LogP contribution in [0.15, 0.2) is 40.3 Å². The first-order valence-corrected chi connectivity index (χ1v) is 6.45. The molecular weight excluding hydrogens is 279 g/mol. The Morgan fingerprint density at radius 3 is 2.52 bits per heavy atom. The molecule has 0 unspecified atom stereocenters. The monoisotopic (exact) mass is 296 g/mol. The molecule has 4 N–H and O–H groups in total. The second-order valence-corrected chi connectivity index (χ2v) is 4.44. The fourth-order valence-electron chi connectivity index (χ4n) is 1.87. The molecule has 7 heteroatoms. The fourth-order valence-corrected chi connectivity index (χ4v) is 1.87. The fraction of sp³-hybridized carbons (Fsp3) is 0.357. The van der Waals surface area contributed by atoms with Gasteiger partial charge in [0.1, 0.15) is 5.83 Å². The van der Waals surface area contributed by atoms with E-state index in [1.807, 2.05) is 6.20 Å². The van der Waals surface area contributed by atoms with E-state index >= 15 is 0 Å². The Morgan fingerprint density at radius 1 is 1.29 bits per heavy atom. The Kier molecular flexibility index (Phi) is 6.48. The Balaban J connectivity index is 0.000000315. The van der Waals surface area contributed by atoms with Crippen molar-refractivity contribution in [2.24, 2.45) is 10.7 Å². The third-order valence-corrected chi connectivity index (χ3v) is 2.89. The molecular formula is C14H17FN2O4.